The van der Waals surface area contributed by atoms with E-state index in [2.05, 4.69) is 10.6 Å². The van der Waals surface area contributed by atoms with Crippen molar-refractivity contribution in [3.05, 3.63) is 29.6 Å². The van der Waals surface area contributed by atoms with E-state index in [0.29, 0.717) is 6.42 Å². The van der Waals surface area contributed by atoms with E-state index in [4.69, 9.17) is 5.11 Å². The van der Waals surface area contributed by atoms with Crippen molar-refractivity contribution >= 4 is 17.8 Å². The number of aliphatic hydroxyl groups is 1. The van der Waals surface area contributed by atoms with E-state index in [9.17, 15) is 9.18 Å². The molecule has 2 amide bonds. The molecule has 1 aliphatic heterocycles. The van der Waals surface area contributed by atoms with Gasteiger partial charge in [0.1, 0.15) is 5.82 Å². The van der Waals surface area contributed by atoms with Gasteiger partial charge >= 0.3 is 6.03 Å². The zero-order chi connectivity index (χ0) is 16.1. The molecule has 6 heteroatoms. The van der Waals surface area contributed by atoms with Crippen LogP contribution < -0.4 is 10.6 Å². The number of nitrogens with one attached hydrogen (secondary N) is 2. The topological polar surface area (TPSA) is 61.4 Å². The highest BCUT2D eigenvalue weighted by Crippen LogP contribution is 2.36. The van der Waals surface area contributed by atoms with Crippen LogP contribution >= 0.6 is 11.8 Å². The van der Waals surface area contributed by atoms with Crippen molar-refractivity contribution in [2.75, 3.05) is 12.4 Å². The summed E-state index contributed by atoms with van der Waals surface area (Å²) in [5.41, 5.74) is 0.842. The van der Waals surface area contributed by atoms with Gasteiger partial charge in [0.05, 0.1) is 6.04 Å². The Morgan fingerprint density at radius 2 is 2.27 bits per heavy atom. The number of carbonyl (C=O) groups excluding carboxylic acids is 1. The number of hydrogen-bond donors (Lipinski definition) is 3. The lowest BCUT2D eigenvalue weighted by Crippen LogP contribution is -2.46. The molecule has 2 unspecified atom stereocenters. The fraction of sp³-hybridized carbons (Fsp3) is 0.562. The zero-order valence-corrected chi connectivity index (χ0v) is 13.8. The number of carbonyl (C=O) groups is 1. The van der Waals surface area contributed by atoms with Crippen LogP contribution in [0.5, 0.6) is 0 Å². The predicted molar refractivity (Wildman–Crippen MR) is 86.5 cm³/mol. The van der Waals surface area contributed by atoms with Crippen molar-refractivity contribution in [3.8, 4) is 0 Å². The maximum atomic E-state index is 13.5. The summed E-state index contributed by atoms with van der Waals surface area (Å²) in [6.07, 6.45) is 1.30. The van der Waals surface area contributed by atoms with Crippen molar-refractivity contribution in [1.29, 1.82) is 0 Å². The predicted octanol–water partition coefficient (Wildman–Crippen LogP) is 3.07. The highest BCUT2D eigenvalue weighted by molar-refractivity contribution is 7.99. The molecule has 1 aromatic carbocycles. The molecular weight excluding hydrogens is 303 g/mol. The summed E-state index contributed by atoms with van der Waals surface area (Å²) in [4.78, 5) is 13.2. The zero-order valence-electron chi connectivity index (χ0n) is 12.9. The number of fused-ring (bicyclic) bond motifs is 1. The van der Waals surface area contributed by atoms with Gasteiger partial charge in [-0.05, 0) is 42.5 Å². The second-order valence-corrected chi connectivity index (χ2v) is 6.99. The number of halogens is 1. The maximum Gasteiger partial charge on any atom is 0.315 e. The molecular formula is C16H23FN2O2S. The Hall–Kier alpha value is -1.27. The molecule has 1 aromatic rings. The van der Waals surface area contributed by atoms with E-state index in [0.717, 1.165) is 22.6 Å². The Morgan fingerprint density at radius 1 is 1.50 bits per heavy atom. The summed E-state index contributed by atoms with van der Waals surface area (Å²) in [7, 11) is 0. The van der Waals surface area contributed by atoms with Crippen LogP contribution in [0, 0.1) is 11.7 Å². The maximum absolute atomic E-state index is 13.5. The molecule has 0 saturated carbocycles. The Morgan fingerprint density at radius 3 is 2.95 bits per heavy atom. The van der Waals surface area contributed by atoms with Crippen molar-refractivity contribution in [2.24, 2.45) is 5.92 Å². The number of thioether (sulfide) groups is 1. The molecule has 0 fully saturated rings. The fourth-order valence-electron chi connectivity index (χ4n) is 2.59. The molecule has 122 valence electrons. The number of hydrogen-bond acceptors (Lipinski definition) is 3. The molecule has 4 nitrogen and oxygen atoms in total. The minimum absolute atomic E-state index is 0.0389. The first kappa shape index (κ1) is 17.1. The third kappa shape index (κ3) is 4.36. The Balaban J connectivity index is 2.02. The summed E-state index contributed by atoms with van der Waals surface area (Å²) < 4.78 is 13.5. The molecule has 1 aliphatic rings. The second kappa shape index (κ2) is 7.83. The molecule has 0 bridgehead atoms. The van der Waals surface area contributed by atoms with E-state index in [1.165, 1.54) is 12.1 Å². The fourth-order valence-corrected chi connectivity index (χ4v) is 3.70. The third-order valence-corrected chi connectivity index (χ3v) is 5.00. The lowest BCUT2D eigenvalue weighted by atomic mass is 10.0. The molecule has 0 radical (unpaired) electrons. The Labute approximate surface area is 134 Å². The normalized spacial score (nSPS) is 18.7. The molecule has 0 aromatic heterocycles. The van der Waals surface area contributed by atoms with E-state index in [1.54, 1.807) is 17.8 Å². The smallest absolute Gasteiger partial charge is 0.315 e. The SMILES string of the molecule is CC(C)C(CCO)NC(=O)NC1CCSc2ccc(F)cc21. The Bertz CT molecular complexity index is 525. The van der Waals surface area contributed by atoms with Gasteiger partial charge in [0.15, 0.2) is 0 Å². The van der Waals surface area contributed by atoms with Gasteiger partial charge in [-0.1, -0.05) is 13.8 Å². The van der Waals surface area contributed by atoms with Crippen LogP contribution in [0.2, 0.25) is 0 Å². The van der Waals surface area contributed by atoms with Crippen molar-refractivity contribution in [2.45, 2.75) is 43.7 Å². The first-order valence-electron chi connectivity index (χ1n) is 7.61. The average molecular weight is 326 g/mol. The number of rotatable bonds is 5. The van der Waals surface area contributed by atoms with Crippen LogP contribution in [0.3, 0.4) is 0 Å². The van der Waals surface area contributed by atoms with Crippen LogP contribution in [0.25, 0.3) is 0 Å². The van der Waals surface area contributed by atoms with E-state index in [1.807, 2.05) is 13.8 Å². The van der Waals surface area contributed by atoms with Gasteiger partial charge in [0, 0.05) is 23.3 Å². The van der Waals surface area contributed by atoms with Crippen molar-refractivity contribution in [3.63, 3.8) is 0 Å². The van der Waals surface area contributed by atoms with E-state index < -0.39 is 0 Å². The first-order chi connectivity index (χ1) is 10.5. The summed E-state index contributed by atoms with van der Waals surface area (Å²) in [6, 6.07) is 4.21. The number of benzene rings is 1. The Kier molecular flexibility index (Phi) is 6.08. The lowest BCUT2D eigenvalue weighted by Gasteiger charge is -2.28. The van der Waals surface area contributed by atoms with Crippen molar-refractivity contribution < 1.29 is 14.3 Å². The van der Waals surface area contributed by atoms with Gasteiger partial charge in [-0.15, -0.1) is 11.8 Å². The standard InChI is InChI=1S/C16H23FN2O2S/c1-10(2)13(5-7-20)18-16(21)19-14-6-8-22-15-4-3-11(17)9-12(14)15/h3-4,9-10,13-14,20H,5-8H2,1-2H3,(H2,18,19,21). The van der Waals surface area contributed by atoms with Gasteiger partial charge in [-0.2, -0.15) is 0 Å². The minimum Gasteiger partial charge on any atom is -0.396 e. The van der Waals surface area contributed by atoms with E-state index in [-0.39, 0.29) is 36.5 Å². The van der Waals surface area contributed by atoms with Crippen LogP contribution in [0.4, 0.5) is 9.18 Å². The third-order valence-electron chi connectivity index (χ3n) is 3.88. The highest BCUT2D eigenvalue weighted by atomic mass is 32.2. The first-order valence-corrected chi connectivity index (χ1v) is 8.60. The second-order valence-electron chi connectivity index (χ2n) is 5.85. The average Bonchev–Trinajstić information content (AvgIpc) is 2.47. The molecule has 0 aliphatic carbocycles. The van der Waals surface area contributed by atoms with Crippen LogP contribution in [-0.4, -0.2) is 29.5 Å². The summed E-state index contributed by atoms with van der Waals surface area (Å²) in [6.45, 7) is 4.04. The molecule has 0 spiro atoms. The quantitative estimate of drug-likeness (QED) is 0.779. The van der Waals surface area contributed by atoms with Gasteiger partial charge < -0.3 is 15.7 Å². The molecule has 2 atom stereocenters. The number of amides is 2. The van der Waals surface area contributed by atoms with Gasteiger partial charge in [-0.25, -0.2) is 9.18 Å². The molecule has 22 heavy (non-hydrogen) atoms. The van der Waals surface area contributed by atoms with Crippen LogP contribution in [-0.2, 0) is 0 Å². The molecule has 1 heterocycles. The number of aliphatic hydroxyl groups excluding tert-OH is 1. The van der Waals surface area contributed by atoms with Crippen LogP contribution in [0.15, 0.2) is 23.1 Å². The number of urea groups is 1. The van der Waals surface area contributed by atoms with Gasteiger partial charge in [0.2, 0.25) is 0 Å². The van der Waals surface area contributed by atoms with Crippen molar-refractivity contribution in [1.82, 2.24) is 10.6 Å². The highest BCUT2D eigenvalue weighted by Gasteiger charge is 2.24. The molecule has 0 saturated heterocycles. The summed E-state index contributed by atoms with van der Waals surface area (Å²) in [5.74, 6) is 0.853. The molecule has 2 rings (SSSR count). The largest absolute Gasteiger partial charge is 0.396 e. The monoisotopic (exact) mass is 326 g/mol. The lowest BCUT2D eigenvalue weighted by molar-refractivity contribution is 0.215. The van der Waals surface area contributed by atoms with E-state index >= 15 is 0 Å². The minimum atomic E-state index is -0.284. The van der Waals surface area contributed by atoms with Crippen LogP contribution in [0.1, 0.15) is 38.3 Å². The van der Waals surface area contributed by atoms with Gasteiger partial charge in [0.25, 0.3) is 0 Å². The van der Waals surface area contributed by atoms with Gasteiger partial charge in [-0.3, -0.25) is 0 Å². The summed E-state index contributed by atoms with van der Waals surface area (Å²) >= 11 is 1.68. The molecule has 3 N–H and O–H groups in total. The summed E-state index contributed by atoms with van der Waals surface area (Å²) in [5, 5.41) is 14.9.